The predicted molar refractivity (Wildman–Crippen MR) is 142 cm³/mol. The monoisotopic (exact) mass is 493 g/mol. The van der Waals surface area contributed by atoms with Gasteiger partial charge >= 0.3 is 0 Å². The summed E-state index contributed by atoms with van der Waals surface area (Å²) in [6, 6.07) is 16.5. The van der Waals surface area contributed by atoms with E-state index in [1.54, 1.807) is 0 Å². The van der Waals surface area contributed by atoms with Crippen molar-refractivity contribution in [1.82, 2.24) is 15.3 Å². The molecule has 0 unspecified atom stereocenters. The Kier molecular flexibility index (Phi) is 7.29. The molecule has 184 valence electrons. The highest BCUT2D eigenvalue weighted by Gasteiger charge is 2.22. The number of nitrogens with zero attached hydrogens (tertiary/aromatic N) is 5. The Morgan fingerprint density at radius 3 is 2.20 bits per heavy atom. The van der Waals surface area contributed by atoms with E-state index in [0.717, 1.165) is 62.4 Å². The highest BCUT2D eigenvalue weighted by molar-refractivity contribution is 7.80. The van der Waals surface area contributed by atoms with Crippen LogP contribution in [0.1, 0.15) is 11.5 Å². The van der Waals surface area contributed by atoms with Crippen LogP contribution >= 0.6 is 12.2 Å². The van der Waals surface area contributed by atoms with Crippen LogP contribution in [0.15, 0.2) is 52.9 Å². The Morgan fingerprint density at radius 2 is 1.54 bits per heavy atom. The quantitative estimate of drug-likeness (QED) is 0.500. The molecule has 0 aliphatic carbocycles. The van der Waals surface area contributed by atoms with Gasteiger partial charge in [0.1, 0.15) is 23.2 Å². The highest BCUT2D eigenvalue weighted by Crippen LogP contribution is 2.24. The third-order valence-electron chi connectivity index (χ3n) is 6.20. The zero-order chi connectivity index (χ0) is 24.0. The second kappa shape index (κ2) is 10.9. The van der Waals surface area contributed by atoms with Crippen LogP contribution in [0.3, 0.4) is 0 Å². The summed E-state index contributed by atoms with van der Waals surface area (Å²) in [5, 5.41) is 6.81. The van der Waals surface area contributed by atoms with Gasteiger partial charge in [-0.2, -0.15) is 9.97 Å². The van der Waals surface area contributed by atoms with Gasteiger partial charge in [0.15, 0.2) is 5.11 Å². The Hall–Kier alpha value is -3.37. The summed E-state index contributed by atoms with van der Waals surface area (Å²) in [4.78, 5) is 16.6. The Balaban J connectivity index is 1.29. The molecule has 10 heteroatoms. The van der Waals surface area contributed by atoms with Crippen molar-refractivity contribution in [2.75, 3.05) is 72.5 Å². The fraction of sp³-hybridized carbons (Fsp3) is 0.400. The zero-order valence-electron chi connectivity index (χ0n) is 19.9. The zero-order valence-corrected chi connectivity index (χ0v) is 20.8. The van der Waals surface area contributed by atoms with Crippen LogP contribution in [0.5, 0.6) is 0 Å². The van der Waals surface area contributed by atoms with Crippen LogP contribution in [0.2, 0.25) is 0 Å². The third kappa shape index (κ3) is 6.01. The number of thiocarbonyl (C=S) groups is 1. The van der Waals surface area contributed by atoms with E-state index in [4.69, 9.17) is 31.3 Å². The summed E-state index contributed by atoms with van der Waals surface area (Å²) < 4.78 is 11.1. The third-order valence-corrected chi connectivity index (χ3v) is 6.45. The lowest BCUT2D eigenvalue weighted by atomic mass is 10.2. The predicted octanol–water partition coefficient (Wildman–Crippen LogP) is 3.03. The normalized spacial score (nSPS) is 16.3. The van der Waals surface area contributed by atoms with Crippen molar-refractivity contribution in [2.24, 2.45) is 0 Å². The molecule has 9 nitrogen and oxygen atoms in total. The Morgan fingerprint density at radius 1 is 0.886 bits per heavy atom. The van der Waals surface area contributed by atoms with E-state index in [1.807, 2.05) is 19.1 Å². The number of para-hydroxylation sites is 1. The number of ether oxygens (including phenoxy) is 1. The second-order valence-corrected chi connectivity index (χ2v) is 9.05. The topological polar surface area (TPSA) is 81.9 Å². The van der Waals surface area contributed by atoms with Gasteiger partial charge in [0.2, 0.25) is 5.95 Å². The number of rotatable bonds is 6. The molecule has 0 atom stereocenters. The van der Waals surface area contributed by atoms with Gasteiger partial charge in [-0.15, -0.1) is 0 Å². The van der Waals surface area contributed by atoms with Crippen LogP contribution < -0.4 is 25.3 Å². The molecule has 2 N–H and O–H groups in total. The van der Waals surface area contributed by atoms with Gasteiger partial charge in [-0.1, -0.05) is 18.2 Å². The molecule has 0 spiro atoms. The minimum Gasteiger partial charge on any atom is -0.465 e. The number of nitrogens with one attached hydrogen (secondary N) is 2. The lowest BCUT2D eigenvalue weighted by molar-refractivity contribution is 0.122. The van der Waals surface area contributed by atoms with Gasteiger partial charge in [-0.05, 0) is 43.4 Å². The lowest BCUT2D eigenvalue weighted by Crippen LogP contribution is -2.47. The molecule has 0 bridgehead atoms. The molecule has 35 heavy (non-hydrogen) atoms. The summed E-state index contributed by atoms with van der Waals surface area (Å²) in [6.45, 7) is 9.06. The average molecular weight is 494 g/mol. The number of hydrogen-bond donors (Lipinski definition) is 2. The van der Waals surface area contributed by atoms with Gasteiger partial charge in [0.25, 0.3) is 0 Å². The summed E-state index contributed by atoms with van der Waals surface area (Å²) in [5.74, 6) is 3.98. The second-order valence-electron chi connectivity index (χ2n) is 8.64. The van der Waals surface area contributed by atoms with E-state index in [-0.39, 0.29) is 0 Å². The molecule has 0 radical (unpaired) electrons. The number of anilines is 4. The maximum absolute atomic E-state index is 5.61. The van der Waals surface area contributed by atoms with Crippen molar-refractivity contribution in [1.29, 1.82) is 0 Å². The summed E-state index contributed by atoms with van der Waals surface area (Å²) in [7, 11) is 0. The lowest BCUT2D eigenvalue weighted by Gasteiger charge is -2.37. The fourth-order valence-electron chi connectivity index (χ4n) is 4.32. The van der Waals surface area contributed by atoms with E-state index in [0.29, 0.717) is 30.8 Å². The van der Waals surface area contributed by atoms with Crippen molar-refractivity contribution in [3.63, 3.8) is 0 Å². The minimum atomic E-state index is 0.457. The molecule has 2 aromatic heterocycles. The Bertz CT molecular complexity index is 1130. The first kappa shape index (κ1) is 23.4. The fourth-order valence-corrected chi connectivity index (χ4v) is 4.48. The molecular formula is C25H31N7O2S. The summed E-state index contributed by atoms with van der Waals surface area (Å²) in [6.07, 6.45) is 0. The van der Waals surface area contributed by atoms with E-state index in [2.05, 4.69) is 61.7 Å². The first-order valence-electron chi connectivity index (χ1n) is 12.0. The number of piperazine rings is 1. The van der Waals surface area contributed by atoms with Crippen LogP contribution in [-0.4, -0.2) is 67.6 Å². The molecule has 2 fully saturated rings. The number of benzene rings is 1. The van der Waals surface area contributed by atoms with Gasteiger partial charge < -0.3 is 34.5 Å². The average Bonchev–Trinajstić information content (AvgIpc) is 3.33. The molecule has 2 aliphatic heterocycles. The number of aromatic nitrogens is 2. The standard InChI is InChI=1S/C25H31N7O2S/c1-19-7-8-21(34-19)18-26-25(35)29-24-27-22(17-23(28-24)32-13-15-33-16-14-32)31-11-9-30(10-12-31)20-5-3-2-4-6-20/h2-8,17H,9-16,18H2,1H3,(H2,26,27,28,29,35). The molecular weight excluding hydrogens is 462 g/mol. The molecule has 2 saturated heterocycles. The van der Waals surface area contributed by atoms with Crippen LogP contribution in [-0.2, 0) is 11.3 Å². The summed E-state index contributed by atoms with van der Waals surface area (Å²) in [5.41, 5.74) is 1.26. The van der Waals surface area contributed by atoms with Gasteiger partial charge in [0, 0.05) is 51.0 Å². The molecule has 1 aromatic carbocycles. The van der Waals surface area contributed by atoms with Gasteiger partial charge in [0.05, 0.1) is 19.8 Å². The molecule has 5 rings (SSSR count). The summed E-state index contributed by atoms with van der Waals surface area (Å²) >= 11 is 5.51. The van der Waals surface area contributed by atoms with E-state index in [9.17, 15) is 0 Å². The van der Waals surface area contributed by atoms with Gasteiger partial charge in [-0.25, -0.2) is 0 Å². The van der Waals surface area contributed by atoms with Gasteiger partial charge in [-0.3, -0.25) is 0 Å². The number of morpholine rings is 1. The maximum Gasteiger partial charge on any atom is 0.232 e. The van der Waals surface area contributed by atoms with E-state index < -0.39 is 0 Å². The first-order chi connectivity index (χ1) is 17.1. The number of furan rings is 1. The molecule has 4 heterocycles. The molecule has 0 amide bonds. The molecule has 3 aromatic rings. The minimum absolute atomic E-state index is 0.457. The van der Waals surface area contributed by atoms with Crippen molar-refractivity contribution in [3.8, 4) is 0 Å². The smallest absolute Gasteiger partial charge is 0.232 e. The maximum atomic E-state index is 5.61. The van der Waals surface area contributed by atoms with Crippen molar-refractivity contribution < 1.29 is 9.15 Å². The van der Waals surface area contributed by atoms with Crippen LogP contribution in [0.4, 0.5) is 23.3 Å². The van der Waals surface area contributed by atoms with Crippen molar-refractivity contribution in [3.05, 3.63) is 60.1 Å². The molecule has 2 aliphatic rings. The number of aryl methyl sites for hydroxylation is 1. The SMILES string of the molecule is Cc1ccc(CNC(=S)Nc2nc(N3CCOCC3)cc(N3CCN(c4ccccc4)CC3)n2)o1. The highest BCUT2D eigenvalue weighted by atomic mass is 32.1. The van der Waals surface area contributed by atoms with Crippen molar-refractivity contribution >= 4 is 40.6 Å². The first-order valence-corrected chi connectivity index (χ1v) is 12.4. The largest absolute Gasteiger partial charge is 0.465 e. The molecule has 0 saturated carbocycles. The van der Waals surface area contributed by atoms with Crippen molar-refractivity contribution in [2.45, 2.75) is 13.5 Å². The van der Waals surface area contributed by atoms with Crippen LogP contribution in [0.25, 0.3) is 0 Å². The number of hydrogen-bond acceptors (Lipinski definition) is 8. The van der Waals surface area contributed by atoms with E-state index >= 15 is 0 Å². The Labute approximate surface area is 211 Å². The van der Waals surface area contributed by atoms with Crippen LogP contribution in [0, 0.1) is 6.92 Å². The van der Waals surface area contributed by atoms with E-state index in [1.165, 1.54) is 5.69 Å².